The lowest BCUT2D eigenvalue weighted by Gasteiger charge is -2.01. The van der Waals surface area contributed by atoms with Gasteiger partial charge in [-0.1, -0.05) is 18.2 Å². The molecular formula is C14H12N4OS. The molecule has 20 heavy (non-hydrogen) atoms. The summed E-state index contributed by atoms with van der Waals surface area (Å²) < 4.78 is 1.54. The number of primary amides is 1. The number of thiazole rings is 1. The number of amides is 1. The number of hydrogen-bond acceptors (Lipinski definition) is 4. The molecule has 0 aliphatic rings. The van der Waals surface area contributed by atoms with Gasteiger partial charge in [-0.15, -0.1) is 11.3 Å². The Bertz CT molecular complexity index is 733. The smallest absolute Gasteiger partial charge is 0.239 e. The van der Waals surface area contributed by atoms with Crippen molar-refractivity contribution in [2.75, 3.05) is 0 Å². The van der Waals surface area contributed by atoms with Crippen LogP contribution in [0, 0.1) is 0 Å². The Morgan fingerprint density at radius 1 is 1.30 bits per heavy atom. The quantitative estimate of drug-likeness (QED) is 0.797. The second-order valence-electron chi connectivity index (χ2n) is 4.28. The fraction of sp³-hybridized carbons (Fsp3) is 0.0714. The third-order valence-electron chi connectivity index (χ3n) is 2.80. The maximum atomic E-state index is 10.9. The van der Waals surface area contributed by atoms with Gasteiger partial charge in [0.25, 0.3) is 0 Å². The van der Waals surface area contributed by atoms with E-state index < -0.39 is 5.91 Å². The van der Waals surface area contributed by atoms with Crippen molar-refractivity contribution in [3.8, 4) is 21.8 Å². The van der Waals surface area contributed by atoms with Crippen LogP contribution >= 0.6 is 11.3 Å². The van der Waals surface area contributed by atoms with Crippen LogP contribution in [0.15, 0.2) is 48.1 Å². The molecule has 0 bridgehead atoms. The fourth-order valence-electron chi connectivity index (χ4n) is 1.94. The van der Waals surface area contributed by atoms with E-state index in [-0.39, 0.29) is 6.54 Å². The first-order valence-corrected chi connectivity index (χ1v) is 6.92. The molecule has 0 fully saturated rings. The normalized spacial score (nSPS) is 10.6. The average Bonchev–Trinajstić information content (AvgIpc) is 3.09. The Morgan fingerprint density at radius 2 is 2.15 bits per heavy atom. The summed E-state index contributed by atoms with van der Waals surface area (Å²) in [6.07, 6.45) is 3.53. The van der Waals surface area contributed by atoms with Crippen molar-refractivity contribution in [2.45, 2.75) is 6.54 Å². The number of carbonyl (C=O) groups is 1. The molecule has 0 radical (unpaired) electrons. The first kappa shape index (κ1) is 12.6. The van der Waals surface area contributed by atoms with Gasteiger partial charge in [-0.2, -0.15) is 5.10 Å². The highest BCUT2D eigenvalue weighted by Gasteiger charge is 2.06. The molecule has 100 valence electrons. The maximum absolute atomic E-state index is 10.9. The Kier molecular flexibility index (Phi) is 3.30. The van der Waals surface area contributed by atoms with Gasteiger partial charge in [0.1, 0.15) is 11.6 Å². The van der Waals surface area contributed by atoms with E-state index in [0.29, 0.717) is 0 Å². The van der Waals surface area contributed by atoms with Crippen molar-refractivity contribution in [3.63, 3.8) is 0 Å². The van der Waals surface area contributed by atoms with Crippen LogP contribution in [0.5, 0.6) is 0 Å². The zero-order valence-electron chi connectivity index (χ0n) is 10.6. The van der Waals surface area contributed by atoms with Gasteiger partial charge in [0.2, 0.25) is 5.91 Å². The van der Waals surface area contributed by atoms with E-state index in [4.69, 9.17) is 5.73 Å². The predicted octanol–water partition coefficient (Wildman–Crippen LogP) is 2.16. The molecule has 0 aliphatic heterocycles. The summed E-state index contributed by atoms with van der Waals surface area (Å²) in [6, 6.07) is 9.87. The van der Waals surface area contributed by atoms with Crippen LogP contribution in [0.25, 0.3) is 21.8 Å². The molecular weight excluding hydrogens is 272 g/mol. The fourth-order valence-corrected chi connectivity index (χ4v) is 2.58. The van der Waals surface area contributed by atoms with Crippen molar-refractivity contribution in [3.05, 3.63) is 48.1 Å². The molecule has 0 unspecified atom stereocenters. The standard InChI is InChI=1S/C14H12N4OS/c15-13(19)9-18-6-4-12(17-18)10-2-1-3-11(8-10)14-16-5-7-20-14/h1-8H,9H2,(H2,15,19). The van der Waals surface area contributed by atoms with Crippen LogP contribution in [0.4, 0.5) is 0 Å². The largest absolute Gasteiger partial charge is 0.368 e. The molecule has 6 heteroatoms. The molecule has 2 aromatic heterocycles. The zero-order chi connectivity index (χ0) is 13.9. The molecule has 0 spiro atoms. The Balaban J connectivity index is 1.92. The minimum atomic E-state index is -0.406. The number of aromatic nitrogens is 3. The van der Waals surface area contributed by atoms with Crippen LogP contribution in [0.1, 0.15) is 0 Å². The van der Waals surface area contributed by atoms with E-state index in [2.05, 4.69) is 10.1 Å². The minimum absolute atomic E-state index is 0.0895. The van der Waals surface area contributed by atoms with Gasteiger partial charge in [-0.05, 0) is 12.1 Å². The molecule has 1 amide bonds. The molecule has 2 N–H and O–H groups in total. The van der Waals surface area contributed by atoms with Gasteiger partial charge in [0, 0.05) is 28.9 Å². The van der Waals surface area contributed by atoms with Gasteiger partial charge >= 0.3 is 0 Å². The van der Waals surface area contributed by atoms with Gasteiger partial charge < -0.3 is 5.73 Å². The van der Waals surface area contributed by atoms with E-state index in [9.17, 15) is 4.79 Å². The molecule has 0 atom stereocenters. The first-order valence-electron chi connectivity index (χ1n) is 6.04. The molecule has 3 aromatic rings. The van der Waals surface area contributed by atoms with Gasteiger partial charge in [0.15, 0.2) is 0 Å². The lowest BCUT2D eigenvalue weighted by Crippen LogP contribution is -2.18. The summed E-state index contributed by atoms with van der Waals surface area (Å²) in [5.74, 6) is -0.406. The molecule has 5 nitrogen and oxygen atoms in total. The SMILES string of the molecule is NC(=O)Cn1ccc(-c2cccc(-c3nccs3)c2)n1. The summed E-state index contributed by atoms with van der Waals surface area (Å²) in [4.78, 5) is 15.2. The topological polar surface area (TPSA) is 73.8 Å². The number of nitrogens with zero attached hydrogens (tertiary/aromatic N) is 3. The third-order valence-corrected chi connectivity index (χ3v) is 3.62. The summed E-state index contributed by atoms with van der Waals surface area (Å²) in [7, 11) is 0. The average molecular weight is 284 g/mol. The number of rotatable bonds is 4. The lowest BCUT2D eigenvalue weighted by molar-refractivity contribution is -0.118. The number of nitrogens with two attached hydrogens (primary N) is 1. The highest BCUT2D eigenvalue weighted by Crippen LogP contribution is 2.26. The minimum Gasteiger partial charge on any atom is -0.368 e. The van der Waals surface area contributed by atoms with Gasteiger partial charge in [-0.3, -0.25) is 9.48 Å². The van der Waals surface area contributed by atoms with E-state index >= 15 is 0 Å². The van der Waals surface area contributed by atoms with E-state index in [1.54, 1.807) is 23.7 Å². The van der Waals surface area contributed by atoms with Crippen LogP contribution in [-0.2, 0) is 11.3 Å². The summed E-state index contributed by atoms with van der Waals surface area (Å²) >= 11 is 1.60. The van der Waals surface area contributed by atoms with Gasteiger partial charge in [-0.25, -0.2) is 4.98 Å². The van der Waals surface area contributed by atoms with Crippen molar-refractivity contribution in [1.82, 2.24) is 14.8 Å². The number of hydrogen-bond donors (Lipinski definition) is 1. The van der Waals surface area contributed by atoms with Crippen LogP contribution in [-0.4, -0.2) is 20.7 Å². The molecule has 3 rings (SSSR count). The summed E-state index contributed by atoms with van der Waals surface area (Å²) in [5, 5.41) is 7.27. The highest BCUT2D eigenvalue weighted by molar-refractivity contribution is 7.13. The van der Waals surface area contributed by atoms with E-state index in [0.717, 1.165) is 21.8 Å². The second-order valence-corrected chi connectivity index (χ2v) is 5.18. The number of benzene rings is 1. The van der Waals surface area contributed by atoms with Crippen molar-refractivity contribution >= 4 is 17.2 Å². The maximum Gasteiger partial charge on any atom is 0.239 e. The van der Waals surface area contributed by atoms with Gasteiger partial charge in [0.05, 0.1) is 5.69 Å². The Labute approximate surface area is 119 Å². The molecule has 0 aliphatic carbocycles. The van der Waals surface area contributed by atoms with Crippen molar-refractivity contribution in [2.24, 2.45) is 5.73 Å². The van der Waals surface area contributed by atoms with Crippen LogP contribution in [0.3, 0.4) is 0 Å². The third kappa shape index (κ3) is 2.60. The lowest BCUT2D eigenvalue weighted by atomic mass is 10.1. The van der Waals surface area contributed by atoms with Crippen molar-refractivity contribution in [1.29, 1.82) is 0 Å². The second kappa shape index (κ2) is 5.26. The predicted molar refractivity (Wildman–Crippen MR) is 78.0 cm³/mol. The molecule has 0 saturated heterocycles. The zero-order valence-corrected chi connectivity index (χ0v) is 11.4. The van der Waals surface area contributed by atoms with E-state index in [1.165, 1.54) is 4.68 Å². The summed E-state index contributed by atoms with van der Waals surface area (Å²) in [5.41, 5.74) is 8.01. The molecule has 1 aromatic carbocycles. The van der Waals surface area contributed by atoms with Crippen molar-refractivity contribution < 1.29 is 4.79 Å². The summed E-state index contributed by atoms with van der Waals surface area (Å²) in [6.45, 7) is 0.0895. The highest BCUT2D eigenvalue weighted by atomic mass is 32.1. The van der Waals surface area contributed by atoms with E-state index in [1.807, 2.05) is 35.7 Å². The van der Waals surface area contributed by atoms with Crippen LogP contribution in [0.2, 0.25) is 0 Å². The monoisotopic (exact) mass is 284 g/mol. The Hall–Kier alpha value is -2.47. The molecule has 0 saturated carbocycles. The first-order chi connectivity index (χ1) is 9.72. The number of carbonyl (C=O) groups excluding carboxylic acids is 1. The Morgan fingerprint density at radius 3 is 2.90 bits per heavy atom. The molecule has 2 heterocycles. The van der Waals surface area contributed by atoms with Crippen LogP contribution < -0.4 is 5.73 Å².